The van der Waals surface area contributed by atoms with Crippen LogP contribution in [-0.4, -0.2) is 0 Å². The van der Waals surface area contributed by atoms with Gasteiger partial charge in [0, 0.05) is 68.5 Å². The molecular formula is C46H56N3+3. The summed E-state index contributed by atoms with van der Waals surface area (Å²) in [6.07, 6.45) is 0.215. The molecule has 0 saturated carbocycles. The van der Waals surface area contributed by atoms with E-state index in [4.69, 9.17) is 24.7 Å². The summed E-state index contributed by atoms with van der Waals surface area (Å²) in [5, 5.41) is 0. The summed E-state index contributed by atoms with van der Waals surface area (Å²) in [7, 11) is 5.06. The molecule has 6 aromatic rings. The zero-order chi connectivity index (χ0) is 51.2. The van der Waals surface area contributed by atoms with Crippen LogP contribution in [0.25, 0.3) is 33.8 Å². The molecule has 3 heterocycles. The standard InChI is InChI=1S/C16H20N.2C15H18N/c1-11-6-7-15(13(3)8-11)16-14(4)9-12(2)10-17(16)5;2*1-11-5-6-14(13(3)9-11)15-10-12(2)7-8-16(15)4/h6-10H,1-5H3;2*5-10H,1-4H3/q3*+1/i1D3,2D3,9D,10D;1D3,7D,8D,10D;1D3,8D. The summed E-state index contributed by atoms with van der Waals surface area (Å²) in [6, 6.07) is 18.5. The van der Waals surface area contributed by atoms with Crippen molar-refractivity contribution in [2.45, 2.75) is 68.9 Å². The Morgan fingerprint density at radius 3 is 1.49 bits per heavy atom. The molecule has 0 N–H and O–H groups in total. The van der Waals surface area contributed by atoms with Gasteiger partial charge in [-0.3, -0.25) is 0 Å². The van der Waals surface area contributed by atoms with Gasteiger partial charge >= 0.3 is 0 Å². The van der Waals surface area contributed by atoms with Gasteiger partial charge in [0.15, 0.2) is 18.5 Å². The van der Waals surface area contributed by atoms with E-state index in [0.717, 1.165) is 27.9 Å². The van der Waals surface area contributed by atoms with Crippen LogP contribution in [0.15, 0.2) is 103 Å². The zero-order valence-electron chi connectivity index (χ0n) is 47.7. The van der Waals surface area contributed by atoms with Gasteiger partial charge in [0.1, 0.15) is 25.3 Å². The number of pyridine rings is 3. The second-order valence-electron chi connectivity index (χ2n) is 12.2. The quantitative estimate of drug-likeness (QED) is 0.167. The van der Waals surface area contributed by atoms with Gasteiger partial charge < -0.3 is 0 Å². The van der Waals surface area contributed by atoms with Gasteiger partial charge in [0.25, 0.3) is 0 Å². The number of aryl methyl sites for hydroxylation is 7. The molecule has 6 rings (SSSR count). The summed E-state index contributed by atoms with van der Waals surface area (Å²) in [5.74, 6) is 0. The number of hydrogen-bond donors (Lipinski definition) is 0. The fourth-order valence-corrected chi connectivity index (χ4v) is 5.59. The van der Waals surface area contributed by atoms with Crippen LogP contribution in [0.5, 0.6) is 0 Å². The maximum absolute atomic E-state index is 8.25. The normalized spacial score (nSPS) is 16.9. The Morgan fingerprint density at radius 1 is 0.449 bits per heavy atom. The van der Waals surface area contributed by atoms with E-state index >= 15 is 0 Å². The average molecular weight is 669 g/mol. The topological polar surface area (TPSA) is 11.6 Å². The third-order valence-corrected chi connectivity index (χ3v) is 8.01. The van der Waals surface area contributed by atoms with Gasteiger partial charge in [-0.25, -0.2) is 13.7 Å². The second-order valence-corrected chi connectivity index (χ2v) is 12.2. The Labute approximate surface area is 321 Å². The number of rotatable bonds is 3. The van der Waals surface area contributed by atoms with Gasteiger partial charge in [-0.05, 0) is 121 Å². The highest BCUT2D eigenvalue weighted by Gasteiger charge is 2.16. The highest BCUT2D eigenvalue weighted by molar-refractivity contribution is 5.65. The average Bonchev–Trinajstić information content (AvgIpc) is 3.20. The first-order chi connectivity index (χ1) is 30.5. The first-order valence-corrected chi connectivity index (χ1v) is 15.8. The SMILES string of the molecule is [2H]c1c(C)c(-c2ccc(C([2H])([2H])[2H])cc2C)[n+](C)c([2H])c1C([2H])([2H])[2H].[2H]c1c(C)c([2H])c(-c2ccc(C([2H])([2H])[2H])cc2C)[n+](C)c1[2H].[2H]c1cc(C)cc(-c2ccc(C([2H])([2H])[2H])cc2C)[n+]1C. The summed E-state index contributed by atoms with van der Waals surface area (Å²) in [6.45, 7) is 1.68. The summed E-state index contributed by atoms with van der Waals surface area (Å²) in [4.78, 5) is 0. The molecule has 0 aliphatic carbocycles. The minimum Gasteiger partial charge on any atom is -0.201 e. The molecule has 0 spiro atoms. The Balaban J connectivity index is 0.000000221. The van der Waals surface area contributed by atoms with Crippen molar-refractivity contribution in [1.82, 2.24) is 0 Å². The fraction of sp³-hybridized carbons (Fsp3) is 0.283. The van der Waals surface area contributed by atoms with Crippen LogP contribution in [-0.2, 0) is 21.1 Å². The minimum absolute atomic E-state index is 0.0304. The first-order valence-electron chi connectivity index (χ1n) is 24.8. The molecule has 0 atom stereocenters. The molecule has 0 fully saturated rings. The second kappa shape index (κ2) is 16.0. The maximum atomic E-state index is 8.25. The lowest BCUT2D eigenvalue weighted by Gasteiger charge is -2.08. The summed E-state index contributed by atoms with van der Waals surface area (Å²) in [5.41, 5.74) is 9.06. The Kier molecular flexibility index (Phi) is 6.32. The Bertz CT molecular complexity index is 2800. The van der Waals surface area contributed by atoms with Crippen molar-refractivity contribution >= 4 is 0 Å². The van der Waals surface area contributed by atoms with Crippen LogP contribution in [0.4, 0.5) is 0 Å². The minimum atomic E-state index is -2.55. The predicted molar refractivity (Wildman–Crippen MR) is 207 cm³/mol. The van der Waals surface area contributed by atoms with E-state index in [0.29, 0.717) is 50.9 Å². The van der Waals surface area contributed by atoms with Crippen LogP contribution in [0.3, 0.4) is 0 Å². The molecular weight excluding hydrogens is 595 g/mol. The number of nitrogens with zero attached hydrogens (tertiary/aromatic N) is 3. The van der Waals surface area contributed by atoms with Gasteiger partial charge in [-0.15, -0.1) is 0 Å². The number of aromatic nitrogens is 3. The molecule has 0 amide bonds. The first kappa shape index (κ1) is 19.3. The summed E-state index contributed by atoms with van der Waals surface area (Å²) < 4.78 is 143. The van der Waals surface area contributed by atoms with Gasteiger partial charge in [-0.1, -0.05) is 53.1 Å². The lowest BCUT2D eigenvalue weighted by molar-refractivity contribution is -0.661. The van der Waals surface area contributed by atoms with Crippen LogP contribution >= 0.6 is 0 Å². The molecule has 252 valence electrons. The molecule has 49 heavy (non-hydrogen) atoms. The third kappa shape index (κ3) is 9.38. The van der Waals surface area contributed by atoms with Crippen LogP contribution in [0.1, 0.15) is 80.3 Å². The maximum Gasteiger partial charge on any atom is 0.215 e. The van der Waals surface area contributed by atoms with Crippen molar-refractivity contribution in [3.63, 3.8) is 0 Å². The molecule has 3 aromatic heterocycles. The van der Waals surface area contributed by atoms with Crippen molar-refractivity contribution in [3.8, 4) is 33.8 Å². The predicted octanol–water partition coefficient (Wildman–Crippen LogP) is 9.62. The zero-order valence-corrected chi connectivity index (χ0v) is 29.7. The van der Waals surface area contributed by atoms with Crippen molar-refractivity contribution in [1.29, 1.82) is 0 Å². The molecule has 3 nitrogen and oxygen atoms in total. The molecule has 0 bridgehead atoms. The molecule has 3 aromatic carbocycles. The monoisotopic (exact) mass is 669 g/mol. The van der Waals surface area contributed by atoms with Crippen molar-refractivity contribution in [2.75, 3.05) is 0 Å². The molecule has 0 aliphatic heterocycles. The summed E-state index contributed by atoms with van der Waals surface area (Å²) >= 11 is 0. The Morgan fingerprint density at radius 2 is 0.959 bits per heavy atom. The van der Waals surface area contributed by atoms with E-state index in [2.05, 4.69) is 0 Å². The molecule has 0 radical (unpaired) electrons. The van der Waals surface area contributed by atoms with Crippen LogP contribution in [0, 0.1) is 68.9 Å². The van der Waals surface area contributed by atoms with E-state index in [1.54, 1.807) is 88.8 Å². The van der Waals surface area contributed by atoms with E-state index in [1.165, 1.54) is 21.3 Å². The van der Waals surface area contributed by atoms with Crippen LogP contribution in [0.2, 0.25) is 0 Å². The Hall–Kier alpha value is -4.89. The molecule has 3 heteroatoms. The van der Waals surface area contributed by atoms with Crippen molar-refractivity contribution in [2.24, 2.45) is 21.1 Å². The highest BCUT2D eigenvalue weighted by atomic mass is 14.9. The van der Waals surface area contributed by atoms with Gasteiger partial charge in [0.05, 0.1) is 4.11 Å². The third-order valence-electron chi connectivity index (χ3n) is 8.01. The smallest absolute Gasteiger partial charge is 0.201 e. The van der Waals surface area contributed by atoms with Gasteiger partial charge in [-0.2, -0.15) is 0 Å². The van der Waals surface area contributed by atoms with E-state index in [-0.39, 0.29) is 47.2 Å². The number of hydrogen-bond acceptors (Lipinski definition) is 0. The molecule has 0 unspecified atom stereocenters. The lowest BCUT2D eigenvalue weighted by atomic mass is 9.99. The highest BCUT2D eigenvalue weighted by Crippen LogP contribution is 2.25. The van der Waals surface area contributed by atoms with E-state index in [9.17, 15) is 0 Å². The largest absolute Gasteiger partial charge is 0.215 e. The fourth-order valence-electron chi connectivity index (χ4n) is 5.59. The molecule has 0 saturated heterocycles. The molecule has 0 aliphatic rings. The van der Waals surface area contributed by atoms with Crippen molar-refractivity contribution < 1.29 is 38.4 Å². The lowest BCUT2D eigenvalue weighted by Crippen LogP contribution is -2.32. The van der Waals surface area contributed by atoms with E-state index < -0.39 is 27.4 Å². The van der Waals surface area contributed by atoms with E-state index in [1.807, 2.05) is 33.0 Å². The van der Waals surface area contributed by atoms with Crippen molar-refractivity contribution in [3.05, 3.63) is 159 Å². The van der Waals surface area contributed by atoms with Gasteiger partial charge in [0.2, 0.25) is 17.1 Å². The number of benzene rings is 3. The van der Waals surface area contributed by atoms with Crippen LogP contribution < -0.4 is 13.7 Å².